The van der Waals surface area contributed by atoms with E-state index in [2.05, 4.69) is 0 Å². The standard InChI is InChI=1S/C16H7F6NO3/c17-7-3-6(14(23)25)4-8(5-7)26-10-2-1-9-11(12(10)16(20,21)22)13(24)15(9,18)19/h3-5,13,24H,(H2,23,25)/t13-/m1/s1. The van der Waals surface area contributed by atoms with Crippen LogP contribution in [0.4, 0.5) is 26.3 Å². The number of hydrogen-bond donors (Lipinski definition) is 2. The maximum absolute atomic E-state index is 13.5. The molecule has 0 radical (unpaired) electrons. The minimum atomic E-state index is -5.18. The first-order valence-electron chi connectivity index (χ1n) is 6.85. The fraction of sp³-hybridized carbons (Fsp3) is 0.188. The minimum Gasteiger partial charge on any atom is -0.448 e. The molecule has 0 saturated heterocycles. The van der Waals surface area contributed by atoms with Crippen LogP contribution in [0.15, 0.2) is 52.1 Å². The number of ether oxygens (including phenoxy) is 1. The van der Waals surface area contributed by atoms with E-state index in [1.807, 2.05) is 5.73 Å². The van der Waals surface area contributed by atoms with E-state index < -0.39 is 58.2 Å². The van der Waals surface area contributed by atoms with E-state index in [9.17, 15) is 36.2 Å². The van der Waals surface area contributed by atoms with Crippen molar-refractivity contribution in [3.8, 4) is 5.75 Å². The zero-order chi connectivity index (χ0) is 19.4. The lowest BCUT2D eigenvalue weighted by Gasteiger charge is -2.39. The molecule has 0 aromatic heterocycles. The molecule has 136 valence electrons. The number of carbonyl (C=O) groups is 1. The third kappa shape index (κ3) is 2.70. The Morgan fingerprint density at radius 3 is 2.46 bits per heavy atom. The lowest BCUT2D eigenvalue weighted by molar-refractivity contribution is -0.112. The van der Waals surface area contributed by atoms with E-state index in [1.54, 1.807) is 5.73 Å². The van der Waals surface area contributed by atoms with Gasteiger partial charge < -0.3 is 15.6 Å². The number of carbonyl (C=O) groups excluding carboxylic acids is 1. The molecule has 0 bridgehead atoms. The van der Waals surface area contributed by atoms with E-state index in [-0.39, 0.29) is 5.56 Å². The van der Waals surface area contributed by atoms with Gasteiger partial charge in [-0.1, -0.05) is 5.73 Å². The summed E-state index contributed by atoms with van der Waals surface area (Å²) in [5.74, 6) is -7.64. The van der Waals surface area contributed by atoms with Crippen LogP contribution in [0, 0.1) is 5.82 Å². The van der Waals surface area contributed by atoms with Gasteiger partial charge in [0.25, 0.3) is 0 Å². The van der Waals surface area contributed by atoms with Crippen LogP contribution in [-0.4, -0.2) is 29.2 Å². The van der Waals surface area contributed by atoms with Gasteiger partial charge in [-0.2, -0.15) is 22.0 Å². The average molecular weight is 375 g/mol. The van der Waals surface area contributed by atoms with Gasteiger partial charge in [0.15, 0.2) is 5.76 Å². The van der Waals surface area contributed by atoms with Crippen molar-refractivity contribution >= 4 is 5.91 Å². The van der Waals surface area contributed by atoms with Crippen molar-refractivity contribution in [2.24, 2.45) is 5.73 Å². The Morgan fingerprint density at radius 2 is 1.88 bits per heavy atom. The first kappa shape index (κ1) is 17.9. The second-order valence-electron chi connectivity index (χ2n) is 5.41. The molecule has 0 spiro atoms. The van der Waals surface area contributed by atoms with Gasteiger partial charge in [0.05, 0.1) is 5.57 Å². The molecule has 0 aliphatic heterocycles. The normalized spacial score (nSPS) is 20.8. The van der Waals surface area contributed by atoms with Crippen molar-refractivity contribution < 1.29 is 41.0 Å². The first-order valence-corrected chi connectivity index (χ1v) is 6.85. The monoisotopic (exact) mass is 375 g/mol. The number of alkyl halides is 5. The molecule has 2 aliphatic rings. The fourth-order valence-electron chi connectivity index (χ4n) is 2.51. The maximum Gasteiger partial charge on any atom is 0.421 e. The van der Waals surface area contributed by atoms with Gasteiger partial charge in [-0.05, 0) is 17.9 Å². The van der Waals surface area contributed by atoms with Gasteiger partial charge in [0.2, 0.25) is 5.91 Å². The highest BCUT2D eigenvalue weighted by atomic mass is 19.4. The van der Waals surface area contributed by atoms with Crippen LogP contribution in [-0.2, 0) is 0 Å². The summed E-state index contributed by atoms with van der Waals surface area (Å²) in [4.78, 5) is 11.1. The third-order valence-electron chi connectivity index (χ3n) is 3.68. The highest BCUT2D eigenvalue weighted by molar-refractivity contribution is 5.93. The van der Waals surface area contributed by atoms with Crippen molar-refractivity contribution in [1.82, 2.24) is 0 Å². The molecule has 26 heavy (non-hydrogen) atoms. The highest BCUT2D eigenvalue weighted by Crippen LogP contribution is 2.53. The SMILES string of the molecule is NC(=O)c1cc(F)cc(OC2=C=C=C3C(=C2C(F)(F)F)[C@@H](O)C3(F)F)c1. The smallest absolute Gasteiger partial charge is 0.421 e. The summed E-state index contributed by atoms with van der Waals surface area (Å²) in [5.41, 5.74) is 4.28. The van der Waals surface area contributed by atoms with Crippen LogP contribution in [0.3, 0.4) is 0 Å². The van der Waals surface area contributed by atoms with Crippen LogP contribution in [0.5, 0.6) is 5.75 Å². The summed E-state index contributed by atoms with van der Waals surface area (Å²) >= 11 is 0. The van der Waals surface area contributed by atoms with Gasteiger partial charge in [-0.15, -0.1) is 0 Å². The summed E-state index contributed by atoms with van der Waals surface area (Å²) in [5, 5.41) is 9.36. The quantitative estimate of drug-likeness (QED) is 0.630. The Balaban J connectivity index is 2.12. The molecular weight excluding hydrogens is 368 g/mol. The number of primary amides is 1. The van der Waals surface area contributed by atoms with Crippen molar-refractivity contribution in [2.75, 3.05) is 0 Å². The van der Waals surface area contributed by atoms with E-state index in [1.165, 1.54) is 0 Å². The van der Waals surface area contributed by atoms with Crippen molar-refractivity contribution in [2.45, 2.75) is 18.2 Å². The number of aliphatic hydroxyl groups excluding tert-OH is 1. The molecule has 0 unspecified atom stereocenters. The molecule has 4 nitrogen and oxygen atoms in total. The molecule has 1 fully saturated rings. The number of rotatable bonds is 3. The Morgan fingerprint density at radius 1 is 1.23 bits per heavy atom. The maximum atomic E-state index is 13.5. The zero-order valence-electron chi connectivity index (χ0n) is 12.4. The van der Waals surface area contributed by atoms with E-state index in [0.717, 1.165) is 12.1 Å². The summed E-state index contributed by atoms with van der Waals surface area (Å²) in [6, 6.07) is 2.26. The molecule has 3 rings (SSSR count). The number of aliphatic hydroxyl groups is 1. The number of hydrogen-bond acceptors (Lipinski definition) is 3. The second-order valence-corrected chi connectivity index (χ2v) is 5.41. The van der Waals surface area contributed by atoms with E-state index in [0.29, 0.717) is 6.07 Å². The number of nitrogens with two attached hydrogens (primary N) is 1. The number of benzene rings is 1. The average Bonchev–Trinajstić information content (AvgIpc) is 2.52. The molecular formula is C16H7F6NO3. The highest BCUT2D eigenvalue weighted by Gasteiger charge is 2.62. The van der Waals surface area contributed by atoms with Gasteiger partial charge in [-0.3, -0.25) is 4.79 Å². The molecule has 1 aromatic rings. The Labute approximate surface area is 141 Å². The Hall–Kier alpha value is -2.93. The molecule has 10 heteroatoms. The fourth-order valence-corrected chi connectivity index (χ4v) is 2.51. The second kappa shape index (κ2) is 5.54. The molecule has 1 amide bonds. The van der Waals surface area contributed by atoms with Crippen LogP contribution >= 0.6 is 0 Å². The molecule has 2 aliphatic carbocycles. The Bertz CT molecular complexity index is 963. The molecule has 3 N–H and O–H groups in total. The summed E-state index contributed by atoms with van der Waals surface area (Å²) in [7, 11) is 0. The lowest BCUT2D eigenvalue weighted by atomic mass is 9.74. The van der Waals surface area contributed by atoms with Crippen LogP contribution in [0.2, 0.25) is 0 Å². The first-order chi connectivity index (χ1) is 11.9. The predicted octanol–water partition coefficient (Wildman–Crippen LogP) is 2.75. The topological polar surface area (TPSA) is 72.6 Å². The minimum absolute atomic E-state index is 0.381. The summed E-state index contributed by atoms with van der Waals surface area (Å²) in [6.45, 7) is 0. The molecule has 1 aromatic carbocycles. The van der Waals surface area contributed by atoms with E-state index in [4.69, 9.17) is 10.5 Å². The van der Waals surface area contributed by atoms with Crippen LogP contribution in [0.25, 0.3) is 0 Å². The largest absolute Gasteiger partial charge is 0.448 e. The van der Waals surface area contributed by atoms with Gasteiger partial charge in [-0.25, -0.2) is 4.39 Å². The van der Waals surface area contributed by atoms with Gasteiger partial charge in [0.1, 0.15) is 23.2 Å². The van der Waals surface area contributed by atoms with Crippen molar-refractivity contribution in [1.29, 1.82) is 0 Å². The number of halogens is 6. The van der Waals surface area contributed by atoms with Gasteiger partial charge >= 0.3 is 12.1 Å². The molecule has 1 atom stereocenters. The van der Waals surface area contributed by atoms with Crippen LogP contribution in [0.1, 0.15) is 10.4 Å². The third-order valence-corrected chi connectivity index (χ3v) is 3.68. The van der Waals surface area contributed by atoms with Crippen LogP contribution < -0.4 is 10.5 Å². The van der Waals surface area contributed by atoms with Crippen molar-refractivity contribution in [3.05, 3.63) is 63.5 Å². The van der Waals surface area contributed by atoms with Crippen molar-refractivity contribution in [3.63, 3.8) is 0 Å². The zero-order valence-corrected chi connectivity index (χ0v) is 12.4. The predicted molar refractivity (Wildman–Crippen MR) is 73.6 cm³/mol. The lowest BCUT2D eigenvalue weighted by Crippen LogP contribution is -2.51. The number of fused-ring (bicyclic) bond motifs is 1. The number of allylic oxidation sites excluding steroid dienone is 1. The summed E-state index contributed by atoms with van der Waals surface area (Å²) < 4.78 is 85.2. The van der Waals surface area contributed by atoms with Gasteiger partial charge in [0, 0.05) is 17.2 Å². The Kier molecular flexibility index (Phi) is 3.81. The summed E-state index contributed by atoms with van der Waals surface area (Å²) in [6.07, 6.45) is -7.88. The number of amides is 1. The van der Waals surface area contributed by atoms with E-state index >= 15 is 0 Å². The molecule has 1 saturated carbocycles. The molecule has 0 heterocycles.